The molecule has 1 heterocycles. The van der Waals surface area contributed by atoms with Gasteiger partial charge in [-0.1, -0.05) is 49.7 Å². The van der Waals surface area contributed by atoms with Crippen molar-refractivity contribution in [2.24, 2.45) is 0 Å². The van der Waals surface area contributed by atoms with Crippen molar-refractivity contribution in [2.75, 3.05) is 0 Å². The standard InChI is InChI=1S/C21H19F3N2/c1-2-3-4-15-13-25-20(26-14-15)18-7-5-16(6-8-18)17-9-11-19(12-10-17)21(22,23)24/h5-14H,2-4H2,1H3. The molecule has 0 spiro atoms. The van der Waals surface area contributed by atoms with E-state index >= 15 is 0 Å². The van der Waals surface area contributed by atoms with Crippen LogP contribution in [0, 0.1) is 0 Å². The number of hydrogen-bond donors (Lipinski definition) is 0. The zero-order chi connectivity index (χ0) is 18.6. The molecule has 134 valence electrons. The molecule has 2 nitrogen and oxygen atoms in total. The molecule has 0 fully saturated rings. The number of rotatable bonds is 5. The van der Waals surface area contributed by atoms with E-state index in [1.54, 1.807) is 0 Å². The number of aryl methyl sites for hydroxylation is 1. The fraction of sp³-hybridized carbons (Fsp3) is 0.238. The Hall–Kier alpha value is -2.69. The first-order valence-corrected chi connectivity index (χ1v) is 8.56. The Bertz CT molecular complexity index is 836. The summed E-state index contributed by atoms with van der Waals surface area (Å²) in [7, 11) is 0. The van der Waals surface area contributed by atoms with E-state index in [-0.39, 0.29) is 0 Å². The SMILES string of the molecule is CCCCc1cnc(-c2ccc(-c3ccc(C(F)(F)F)cc3)cc2)nc1. The normalized spacial score (nSPS) is 11.5. The third-order valence-electron chi connectivity index (χ3n) is 4.21. The van der Waals surface area contributed by atoms with Crippen LogP contribution in [0.4, 0.5) is 13.2 Å². The second-order valence-electron chi connectivity index (χ2n) is 6.17. The molecular weight excluding hydrogens is 337 g/mol. The van der Waals surface area contributed by atoms with Crippen molar-refractivity contribution in [2.45, 2.75) is 32.4 Å². The van der Waals surface area contributed by atoms with Crippen LogP contribution in [0.15, 0.2) is 60.9 Å². The third-order valence-corrected chi connectivity index (χ3v) is 4.21. The van der Waals surface area contributed by atoms with Gasteiger partial charge in [0, 0.05) is 18.0 Å². The first-order valence-electron chi connectivity index (χ1n) is 8.56. The van der Waals surface area contributed by atoms with E-state index in [0.717, 1.165) is 53.6 Å². The molecule has 5 heteroatoms. The van der Waals surface area contributed by atoms with Crippen LogP contribution in [-0.2, 0) is 12.6 Å². The molecule has 0 aliphatic carbocycles. The summed E-state index contributed by atoms with van der Waals surface area (Å²) >= 11 is 0. The molecule has 0 saturated heterocycles. The van der Waals surface area contributed by atoms with Gasteiger partial charge in [-0.25, -0.2) is 9.97 Å². The summed E-state index contributed by atoms with van der Waals surface area (Å²) in [6, 6.07) is 12.7. The van der Waals surface area contributed by atoms with Gasteiger partial charge in [-0.15, -0.1) is 0 Å². The minimum Gasteiger partial charge on any atom is -0.236 e. The van der Waals surface area contributed by atoms with E-state index < -0.39 is 11.7 Å². The molecule has 0 aliphatic heterocycles. The summed E-state index contributed by atoms with van der Waals surface area (Å²) in [4.78, 5) is 8.81. The molecule has 0 amide bonds. The average Bonchev–Trinajstić information content (AvgIpc) is 2.66. The van der Waals surface area contributed by atoms with E-state index in [1.807, 2.05) is 36.7 Å². The molecule has 0 radical (unpaired) electrons. The van der Waals surface area contributed by atoms with Crippen LogP contribution < -0.4 is 0 Å². The Morgan fingerprint density at radius 2 is 1.27 bits per heavy atom. The molecule has 0 aliphatic rings. The highest BCUT2D eigenvalue weighted by Gasteiger charge is 2.29. The summed E-state index contributed by atoms with van der Waals surface area (Å²) in [6.07, 6.45) is 2.61. The molecule has 1 aromatic heterocycles. The van der Waals surface area contributed by atoms with Crippen molar-refractivity contribution in [1.29, 1.82) is 0 Å². The Labute approximate surface area is 150 Å². The Balaban J connectivity index is 1.76. The van der Waals surface area contributed by atoms with Gasteiger partial charge in [0.25, 0.3) is 0 Å². The number of alkyl halides is 3. The second kappa shape index (κ2) is 7.68. The lowest BCUT2D eigenvalue weighted by Gasteiger charge is -2.08. The summed E-state index contributed by atoms with van der Waals surface area (Å²) < 4.78 is 37.9. The maximum absolute atomic E-state index is 12.6. The number of hydrogen-bond acceptors (Lipinski definition) is 2. The minimum atomic E-state index is -4.32. The van der Waals surface area contributed by atoms with Crippen molar-refractivity contribution in [3.05, 3.63) is 72.1 Å². The van der Waals surface area contributed by atoms with Gasteiger partial charge in [0.2, 0.25) is 0 Å². The lowest BCUT2D eigenvalue weighted by atomic mass is 10.0. The smallest absolute Gasteiger partial charge is 0.236 e. The number of halogens is 3. The molecule has 0 unspecified atom stereocenters. The second-order valence-corrected chi connectivity index (χ2v) is 6.17. The Morgan fingerprint density at radius 3 is 1.77 bits per heavy atom. The molecule has 0 N–H and O–H groups in total. The minimum absolute atomic E-state index is 0.643. The lowest BCUT2D eigenvalue weighted by Crippen LogP contribution is -2.03. The monoisotopic (exact) mass is 356 g/mol. The van der Waals surface area contributed by atoms with Crippen LogP contribution in [0.25, 0.3) is 22.5 Å². The fourth-order valence-electron chi connectivity index (χ4n) is 2.68. The zero-order valence-corrected chi connectivity index (χ0v) is 14.4. The Morgan fingerprint density at radius 1 is 0.769 bits per heavy atom. The largest absolute Gasteiger partial charge is 0.416 e. The van der Waals surface area contributed by atoms with E-state index in [9.17, 15) is 13.2 Å². The van der Waals surface area contributed by atoms with Crippen LogP contribution in [0.3, 0.4) is 0 Å². The molecule has 0 saturated carbocycles. The molecule has 3 aromatic rings. The van der Waals surface area contributed by atoms with Crippen molar-refractivity contribution in [1.82, 2.24) is 9.97 Å². The summed E-state index contributed by atoms with van der Waals surface area (Å²) in [5.41, 5.74) is 2.94. The number of unbranched alkanes of at least 4 members (excludes halogenated alkanes) is 1. The van der Waals surface area contributed by atoms with Crippen LogP contribution in [0.2, 0.25) is 0 Å². The van der Waals surface area contributed by atoms with Gasteiger partial charge in [-0.3, -0.25) is 0 Å². The highest BCUT2D eigenvalue weighted by molar-refractivity contribution is 5.67. The van der Waals surface area contributed by atoms with Crippen molar-refractivity contribution < 1.29 is 13.2 Å². The molecule has 0 atom stereocenters. The van der Waals surface area contributed by atoms with E-state index in [2.05, 4.69) is 16.9 Å². The maximum atomic E-state index is 12.6. The van der Waals surface area contributed by atoms with E-state index in [1.165, 1.54) is 12.1 Å². The van der Waals surface area contributed by atoms with Crippen LogP contribution in [-0.4, -0.2) is 9.97 Å². The van der Waals surface area contributed by atoms with Gasteiger partial charge in [-0.2, -0.15) is 13.2 Å². The first-order chi connectivity index (χ1) is 12.5. The molecule has 2 aromatic carbocycles. The highest BCUT2D eigenvalue weighted by atomic mass is 19.4. The zero-order valence-electron chi connectivity index (χ0n) is 14.4. The highest BCUT2D eigenvalue weighted by Crippen LogP contribution is 2.31. The third kappa shape index (κ3) is 4.28. The molecular formula is C21H19F3N2. The maximum Gasteiger partial charge on any atom is 0.416 e. The number of aromatic nitrogens is 2. The molecule has 0 bridgehead atoms. The fourth-order valence-corrected chi connectivity index (χ4v) is 2.68. The van der Waals surface area contributed by atoms with Gasteiger partial charge in [0.15, 0.2) is 5.82 Å². The van der Waals surface area contributed by atoms with Crippen LogP contribution in [0.1, 0.15) is 30.9 Å². The quantitative estimate of drug-likeness (QED) is 0.546. The predicted molar refractivity (Wildman–Crippen MR) is 96.5 cm³/mol. The molecule has 26 heavy (non-hydrogen) atoms. The van der Waals surface area contributed by atoms with Gasteiger partial charge in [-0.05, 0) is 41.7 Å². The Kier molecular flexibility index (Phi) is 5.35. The number of benzene rings is 2. The van der Waals surface area contributed by atoms with Gasteiger partial charge >= 0.3 is 6.18 Å². The van der Waals surface area contributed by atoms with Gasteiger partial charge in [0.05, 0.1) is 5.56 Å². The average molecular weight is 356 g/mol. The van der Waals surface area contributed by atoms with Gasteiger partial charge in [0.1, 0.15) is 0 Å². The molecule has 3 rings (SSSR count). The first kappa shape index (κ1) is 18.1. The summed E-state index contributed by atoms with van der Waals surface area (Å²) in [5.74, 6) is 0.643. The van der Waals surface area contributed by atoms with Gasteiger partial charge < -0.3 is 0 Å². The topological polar surface area (TPSA) is 25.8 Å². The lowest BCUT2D eigenvalue weighted by molar-refractivity contribution is -0.137. The van der Waals surface area contributed by atoms with Crippen molar-refractivity contribution in [3.63, 3.8) is 0 Å². The van der Waals surface area contributed by atoms with Crippen molar-refractivity contribution in [3.8, 4) is 22.5 Å². The van der Waals surface area contributed by atoms with E-state index in [4.69, 9.17) is 0 Å². The number of nitrogens with zero attached hydrogens (tertiary/aromatic N) is 2. The summed E-state index contributed by atoms with van der Waals surface area (Å²) in [6.45, 7) is 2.15. The summed E-state index contributed by atoms with van der Waals surface area (Å²) in [5, 5.41) is 0. The van der Waals surface area contributed by atoms with E-state index in [0.29, 0.717) is 5.82 Å². The van der Waals surface area contributed by atoms with Crippen LogP contribution in [0.5, 0.6) is 0 Å². The van der Waals surface area contributed by atoms with Crippen molar-refractivity contribution >= 4 is 0 Å². The van der Waals surface area contributed by atoms with Crippen LogP contribution >= 0.6 is 0 Å². The predicted octanol–water partition coefficient (Wildman–Crippen LogP) is 6.17.